The van der Waals surface area contributed by atoms with E-state index in [2.05, 4.69) is 0 Å². The van der Waals surface area contributed by atoms with Crippen LogP contribution in [-0.2, 0) is 0 Å². The average molecular weight is 324 g/mol. The SMILES string of the molecule is CC(C)(CCCOc1cc(Cl)c(Cl)cc1Cl)C(=N)N. The summed E-state index contributed by atoms with van der Waals surface area (Å²) in [5, 5.41) is 8.70. The largest absolute Gasteiger partial charge is 0.492 e. The van der Waals surface area contributed by atoms with Gasteiger partial charge >= 0.3 is 0 Å². The van der Waals surface area contributed by atoms with Gasteiger partial charge in [-0.1, -0.05) is 48.7 Å². The molecule has 106 valence electrons. The number of hydrogen-bond donors (Lipinski definition) is 2. The molecule has 0 aliphatic heterocycles. The van der Waals surface area contributed by atoms with Crippen molar-refractivity contribution in [1.82, 2.24) is 0 Å². The highest BCUT2D eigenvalue weighted by Gasteiger charge is 2.20. The summed E-state index contributed by atoms with van der Waals surface area (Å²) in [6.45, 7) is 4.34. The lowest BCUT2D eigenvalue weighted by Crippen LogP contribution is -2.31. The highest BCUT2D eigenvalue weighted by molar-refractivity contribution is 6.43. The van der Waals surface area contributed by atoms with Crippen LogP contribution in [0.5, 0.6) is 5.75 Å². The molecule has 6 heteroatoms. The van der Waals surface area contributed by atoms with Crippen LogP contribution in [0.25, 0.3) is 0 Å². The zero-order chi connectivity index (χ0) is 14.6. The molecule has 0 spiro atoms. The normalized spacial score (nSPS) is 11.4. The van der Waals surface area contributed by atoms with E-state index in [1.54, 1.807) is 12.1 Å². The third kappa shape index (κ3) is 4.75. The van der Waals surface area contributed by atoms with Crippen LogP contribution < -0.4 is 10.5 Å². The van der Waals surface area contributed by atoms with Crippen molar-refractivity contribution >= 4 is 40.6 Å². The second-order valence-electron chi connectivity index (χ2n) is 4.95. The molecule has 3 N–H and O–H groups in total. The Balaban J connectivity index is 2.51. The van der Waals surface area contributed by atoms with Gasteiger partial charge in [-0.2, -0.15) is 0 Å². The van der Waals surface area contributed by atoms with E-state index in [1.807, 2.05) is 13.8 Å². The van der Waals surface area contributed by atoms with Crippen LogP contribution in [0.1, 0.15) is 26.7 Å². The summed E-state index contributed by atoms with van der Waals surface area (Å²) in [5.74, 6) is 0.691. The van der Waals surface area contributed by atoms with Crippen molar-refractivity contribution in [1.29, 1.82) is 5.41 Å². The van der Waals surface area contributed by atoms with E-state index >= 15 is 0 Å². The maximum Gasteiger partial charge on any atom is 0.139 e. The second-order valence-corrected chi connectivity index (χ2v) is 6.17. The van der Waals surface area contributed by atoms with E-state index in [4.69, 9.17) is 50.7 Å². The second kappa shape index (κ2) is 6.69. The molecule has 0 aliphatic carbocycles. The van der Waals surface area contributed by atoms with E-state index < -0.39 is 0 Å². The number of benzene rings is 1. The molecule has 0 saturated heterocycles. The predicted molar refractivity (Wildman–Crippen MR) is 81.9 cm³/mol. The lowest BCUT2D eigenvalue weighted by atomic mass is 9.87. The summed E-state index contributed by atoms with van der Waals surface area (Å²) in [5.41, 5.74) is 5.20. The molecular formula is C13H17Cl3N2O. The Morgan fingerprint density at radius 1 is 1.21 bits per heavy atom. The molecule has 1 aromatic carbocycles. The monoisotopic (exact) mass is 322 g/mol. The maximum atomic E-state index is 7.47. The van der Waals surface area contributed by atoms with Crippen molar-refractivity contribution in [3.05, 3.63) is 27.2 Å². The first kappa shape index (κ1) is 16.4. The fourth-order valence-electron chi connectivity index (χ4n) is 1.45. The Kier molecular flexibility index (Phi) is 5.78. The fraction of sp³-hybridized carbons (Fsp3) is 0.462. The van der Waals surface area contributed by atoms with Crippen LogP contribution in [-0.4, -0.2) is 12.4 Å². The first-order valence-corrected chi connectivity index (χ1v) is 6.99. The molecule has 0 radical (unpaired) electrons. The van der Waals surface area contributed by atoms with Crippen LogP contribution in [0.15, 0.2) is 12.1 Å². The topological polar surface area (TPSA) is 59.1 Å². The minimum absolute atomic E-state index is 0.181. The Hall–Kier alpha value is -0.640. The van der Waals surface area contributed by atoms with Gasteiger partial charge in [-0.15, -0.1) is 0 Å². The molecule has 0 heterocycles. The molecule has 1 aromatic rings. The highest BCUT2D eigenvalue weighted by Crippen LogP contribution is 2.34. The van der Waals surface area contributed by atoms with Gasteiger partial charge in [0.15, 0.2) is 0 Å². The zero-order valence-electron chi connectivity index (χ0n) is 10.9. The minimum atomic E-state index is -0.315. The lowest BCUT2D eigenvalue weighted by Gasteiger charge is -2.22. The lowest BCUT2D eigenvalue weighted by molar-refractivity contribution is 0.287. The third-order valence-electron chi connectivity index (χ3n) is 2.91. The first-order chi connectivity index (χ1) is 8.74. The van der Waals surface area contributed by atoms with Crippen LogP contribution in [0.2, 0.25) is 15.1 Å². The molecule has 0 atom stereocenters. The maximum absolute atomic E-state index is 7.47. The van der Waals surface area contributed by atoms with E-state index in [-0.39, 0.29) is 11.3 Å². The number of nitrogens with one attached hydrogen (secondary N) is 1. The van der Waals surface area contributed by atoms with Crippen LogP contribution in [0.3, 0.4) is 0 Å². The smallest absolute Gasteiger partial charge is 0.139 e. The standard InChI is InChI=1S/C13H17Cl3N2O/c1-13(2,12(17)18)4-3-5-19-11-7-9(15)8(14)6-10(11)16/h6-7H,3-5H2,1-2H3,(H3,17,18). The van der Waals surface area contributed by atoms with E-state index in [0.29, 0.717) is 27.4 Å². The van der Waals surface area contributed by atoms with Gasteiger partial charge in [0.05, 0.1) is 27.5 Å². The summed E-state index contributed by atoms with van der Waals surface area (Å²) in [6.07, 6.45) is 1.53. The van der Waals surface area contributed by atoms with Gasteiger partial charge in [0.2, 0.25) is 0 Å². The minimum Gasteiger partial charge on any atom is -0.492 e. The van der Waals surface area contributed by atoms with E-state index in [0.717, 1.165) is 12.8 Å². The van der Waals surface area contributed by atoms with Crippen molar-refractivity contribution in [2.75, 3.05) is 6.61 Å². The van der Waals surface area contributed by atoms with Crippen molar-refractivity contribution < 1.29 is 4.74 Å². The number of rotatable bonds is 6. The van der Waals surface area contributed by atoms with Gasteiger partial charge in [0.25, 0.3) is 0 Å². The molecule has 0 bridgehead atoms. The summed E-state index contributed by atoms with van der Waals surface area (Å²) < 4.78 is 5.56. The molecule has 0 saturated carbocycles. The molecule has 0 fully saturated rings. The van der Waals surface area contributed by atoms with Crippen molar-refractivity contribution in [3.8, 4) is 5.75 Å². The number of amidine groups is 1. The molecule has 0 aliphatic rings. The van der Waals surface area contributed by atoms with Gasteiger partial charge in [-0.3, -0.25) is 5.41 Å². The highest BCUT2D eigenvalue weighted by atomic mass is 35.5. The summed E-state index contributed by atoms with van der Waals surface area (Å²) in [7, 11) is 0. The molecule has 1 rings (SSSR count). The summed E-state index contributed by atoms with van der Waals surface area (Å²) in [4.78, 5) is 0. The molecule has 19 heavy (non-hydrogen) atoms. The van der Waals surface area contributed by atoms with Gasteiger partial charge in [-0.05, 0) is 18.9 Å². The Morgan fingerprint density at radius 2 is 1.79 bits per heavy atom. The quantitative estimate of drug-likeness (QED) is 0.343. The number of hydrogen-bond acceptors (Lipinski definition) is 2. The van der Waals surface area contributed by atoms with Crippen molar-refractivity contribution in [2.45, 2.75) is 26.7 Å². The molecule has 3 nitrogen and oxygen atoms in total. The number of nitrogens with two attached hydrogens (primary N) is 1. The van der Waals surface area contributed by atoms with E-state index in [9.17, 15) is 0 Å². The predicted octanol–water partition coefficient (Wildman–Crippen LogP) is 4.77. The van der Waals surface area contributed by atoms with Crippen LogP contribution >= 0.6 is 34.8 Å². The van der Waals surface area contributed by atoms with Gasteiger partial charge in [0, 0.05) is 11.5 Å². The number of ether oxygens (including phenoxy) is 1. The average Bonchev–Trinajstić information content (AvgIpc) is 2.30. The molecule has 0 aromatic heterocycles. The molecule has 0 amide bonds. The van der Waals surface area contributed by atoms with Gasteiger partial charge in [0.1, 0.15) is 5.75 Å². The molecular weight excluding hydrogens is 307 g/mol. The van der Waals surface area contributed by atoms with Crippen LogP contribution in [0.4, 0.5) is 0 Å². The Bertz CT molecular complexity index is 475. The third-order valence-corrected chi connectivity index (χ3v) is 3.93. The fourth-order valence-corrected chi connectivity index (χ4v) is 2.04. The Labute approximate surface area is 128 Å². The summed E-state index contributed by atoms with van der Waals surface area (Å²) >= 11 is 17.7. The van der Waals surface area contributed by atoms with Gasteiger partial charge < -0.3 is 10.5 Å². The summed E-state index contributed by atoms with van der Waals surface area (Å²) in [6, 6.07) is 3.16. The van der Waals surface area contributed by atoms with Crippen molar-refractivity contribution in [2.24, 2.45) is 11.1 Å². The van der Waals surface area contributed by atoms with E-state index in [1.165, 1.54) is 0 Å². The van der Waals surface area contributed by atoms with Gasteiger partial charge in [-0.25, -0.2) is 0 Å². The Morgan fingerprint density at radius 3 is 2.37 bits per heavy atom. The first-order valence-electron chi connectivity index (χ1n) is 5.86. The van der Waals surface area contributed by atoms with Crippen molar-refractivity contribution in [3.63, 3.8) is 0 Å². The number of halogens is 3. The van der Waals surface area contributed by atoms with Crippen LogP contribution in [0, 0.1) is 10.8 Å². The molecule has 0 unspecified atom stereocenters. The zero-order valence-corrected chi connectivity index (χ0v) is 13.2.